The summed E-state index contributed by atoms with van der Waals surface area (Å²) in [5.74, 6) is -3.25. The van der Waals surface area contributed by atoms with Crippen LogP contribution < -0.4 is 9.46 Å². The predicted octanol–water partition coefficient (Wildman–Crippen LogP) is 2.02. The van der Waals surface area contributed by atoms with Gasteiger partial charge in [0.1, 0.15) is 0 Å². The number of aromatic carboxylic acids is 1. The summed E-state index contributed by atoms with van der Waals surface area (Å²) in [6, 6.07) is 1.58. The zero-order valence-corrected chi connectivity index (χ0v) is 16.6. The summed E-state index contributed by atoms with van der Waals surface area (Å²) in [5.41, 5.74) is -0.999. The fourth-order valence-electron chi connectivity index (χ4n) is 3.46. The molecule has 2 atom stereocenters. The van der Waals surface area contributed by atoms with Crippen molar-refractivity contribution in [2.24, 2.45) is 11.8 Å². The van der Waals surface area contributed by atoms with Crippen LogP contribution in [0.2, 0.25) is 0 Å². The molecule has 1 amide bonds. The molecule has 2 aliphatic rings. The highest BCUT2D eigenvalue weighted by atomic mass is 32.2. The highest BCUT2D eigenvalue weighted by Gasteiger charge is 2.47. The fourth-order valence-corrected chi connectivity index (χ4v) is 4.50. The first-order valence-electron chi connectivity index (χ1n) is 9.03. The second-order valence-corrected chi connectivity index (χ2v) is 9.35. The normalized spacial score (nSPS) is 23.6. The Morgan fingerprint density at radius 2 is 1.79 bits per heavy atom. The maximum Gasteiger partial charge on any atom is 0.338 e. The molecule has 0 aliphatic heterocycles. The summed E-state index contributed by atoms with van der Waals surface area (Å²) >= 11 is 0. The Morgan fingerprint density at radius 1 is 1.21 bits per heavy atom. The van der Waals surface area contributed by atoms with Gasteiger partial charge in [0.25, 0.3) is 5.91 Å². The number of ether oxygens (including phenoxy) is 1. The van der Waals surface area contributed by atoms with Crippen molar-refractivity contribution in [1.82, 2.24) is 9.03 Å². The smallest absolute Gasteiger partial charge is 0.338 e. The molecular formula is C18H23FN2O6S. The Bertz CT molecular complexity index is 907. The first kappa shape index (κ1) is 20.5. The molecule has 2 aliphatic carbocycles. The molecule has 0 spiro atoms. The summed E-state index contributed by atoms with van der Waals surface area (Å²) in [6.45, 7) is 3.26. The van der Waals surface area contributed by atoms with E-state index in [9.17, 15) is 22.4 Å². The zero-order chi connectivity index (χ0) is 20.8. The minimum absolute atomic E-state index is 0.330. The van der Waals surface area contributed by atoms with Crippen LogP contribution in [0.4, 0.5) is 4.39 Å². The van der Waals surface area contributed by atoms with E-state index in [4.69, 9.17) is 9.84 Å². The van der Waals surface area contributed by atoms with Crippen LogP contribution in [-0.2, 0) is 10.2 Å². The van der Waals surface area contributed by atoms with Crippen LogP contribution in [0, 0.1) is 17.7 Å². The summed E-state index contributed by atoms with van der Waals surface area (Å²) in [7, 11) is -2.85. The van der Waals surface area contributed by atoms with Gasteiger partial charge in [0.05, 0.1) is 17.2 Å². The second kappa shape index (κ2) is 7.32. The number of halogens is 1. The number of carbonyl (C=O) groups excluding carboxylic acids is 1. The van der Waals surface area contributed by atoms with E-state index in [0.717, 1.165) is 22.9 Å². The van der Waals surface area contributed by atoms with Crippen molar-refractivity contribution < 1.29 is 32.2 Å². The lowest BCUT2D eigenvalue weighted by atomic mass is 10.1. The molecule has 1 aromatic carbocycles. The lowest BCUT2D eigenvalue weighted by Gasteiger charge is -2.22. The van der Waals surface area contributed by atoms with Crippen LogP contribution in [-0.4, -0.2) is 48.9 Å². The Labute approximate surface area is 162 Å². The molecule has 0 saturated heterocycles. The number of benzene rings is 1. The van der Waals surface area contributed by atoms with Crippen molar-refractivity contribution in [1.29, 1.82) is 0 Å². The molecule has 8 nitrogen and oxygen atoms in total. The molecule has 2 saturated carbocycles. The number of rotatable bonds is 7. The van der Waals surface area contributed by atoms with Gasteiger partial charge < -0.3 is 9.84 Å². The van der Waals surface area contributed by atoms with E-state index in [1.807, 2.05) is 4.72 Å². The van der Waals surface area contributed by atoms with Gasteiger partial charge in [-0.2, -0.15) is 12.7 Å². The number of hydrogen-bond donors (Lipinski definition) is 2. The van der Waals surface area contributed by atoms with E-state index < -0.39 is 45.3 Å². The highest BCUT2D eigenvalue weighted by molar-refractivity contribution is 7.87. The van der Waals surface area contributed by atoms with Crippen molar-refractivity contribution >= 4 is 22.1 Å². The van der Waals surface area contributed by atoms with Crippen molar-refractivity contribution in [3.63, 3.8) is 0 Å². The van der Waals surface area contributed by atoms with Crippen molar-refractivity contribution in [2.75, 3.05) is 7.05 Å². The Morgan fingerprint density at radius 3 is 2.32 bits per heavy atom. The topological polar surface area (TPSA) is 113 Å². The van der Waals surface area contributed by atoms with E-state index in [2.05, 4.69) is 0 Å². The minimum atomic E-state index is -4.15. The third-order valence-corrected chi connectivity index (χ3v) is 7.01. The lowest BCUT2D eigenvalue weighted by molar-refractivity contribution is 0.0688. The maximum atomic E-state index is 14.8. The number of carboxylic acids is 1. The molecule has 0 bridgehead atoms. The third kappa shape index (κ3) is 3.97. The van der Waals surface area contributed by atoms with Crippen LogP contribution in [0.1, 0.15) is 53.8 Å². The van der Waals surface area contributed by atoms with Gasteiger partial charge in [0.15, 0.2) is 11.6 Å². The van der Waals surface area contributed by atoms with Gasteiger partial charge in [-0.1, -0.05) is 0 Å². The molecular weight excluding hydrogens is 391 g/mol. The SMILES string of the molecule is CC(C)N(C)S(=O)(=O)NC(=O)c1ccc(C(=O)O)c(F)c1OC1CC2CC2C1. The summed E-state index contributed by atoms with van der Waals surface area (Å²) in [4.78, 5) is 23.8. The van der Waals surface area contributed by atoms with Crippen LogP contribution in [0.25, 0.3) is 0 Å². The molecule has 2 N–H and O–H groups in total. The van der Waals surface area contributed by atoms with Crippen molar-refractivity contribution in [2.45, 2.75) is 45.3 Å². The van der Waals surface area contributed by atoms with Gasteiger partial charge in [-0.15, -0.1) is 0 Å². The monoisotopic (exact) mass is 414 g/mol. The van der Waals surface area contributed by atoms with E-state index in [1.54, 1.807) is 13.8 Å². The van der Waals surface area contributed by atoms with Gasteiger partial charge in [-0.3, -0.25) is 4.79 Å². The molecule has 2 fully saturated rings. The molecule has 10 heteroatoms. The van der Waals surface area contributed by atoms with Crippen LogP contribution in [0.15, 0.2) is 12.1 Å². The molecule has 1 aromatic rings. The van der Waals surface area contributed by atoms with Crippen molar-refractivity contribution in [3.8, 4) is 5.75 Å². The molecule has 28 heavy (non-hydrogen) atoms. The minimum Gasteiger partial charge on any atom is -0.486 e. The highest BCUT2D eigenvalue weighted by Crippen LogP contribution is 2.52. The van der Waals surface area contributed by atoms with E-state index in [-0.39, 0.29) is 11.7 Å². The molecule has 0 heterocycles. The summed E-state index contributed by atoms with van der Waals surface area (Å²) in [6.07, 6.45) is 2.18. The largest absolute Gasteiger partial charge is 0.486 e. The summed E-state index contributed by atoms with van der Waals surface area (Å²) < 4.78 is 47.9. The fraction of sp³-hybridized carbons (Fsp3) is 0.556. The standard InChI is InChI=1S/C18H23FN2O6S/c1-9(2)21(3)28(25,26)20-17(22)14-5-4-13(18(23)24)15(19)16(14)27-12-7-10-6-11(10)8-12/h4-5,9-12H,6-8H2,1-3H3,(H,20,22)(H,23,24). The average molecular weight is 414 g/mol. The number of fused-ring (bicyclic) bond motifs is 1. The number of amides is 1. The molecule has 0 radical (unpaired) electrons. The Balaban J connectivity index is 1.91. The number of nitrogens with one attached hydrogen (secondary N) is 1. The number of hydrogen-bond acceptors (Lipinski definition) is 5. The molecule has 154 valence electrons. The van der Waals surface area contributed by atoms with Crippen LogP contribution in [0.3, 0.4) is 0 Å². The van der Waals surface area contributed by atoms with Gasteiger partial charge in [-0.25, -0.2) is 13.9 Å². The van der Waals surface area contributed by atoms with Gasteiger partial charge in [0, 0.05) is 13.1 Å². The average Bonchev–Trinajstić information content (AvgIpc) is 3.21. The van der Waals surface area contributed by atoms with Crippen molar-refractivity contribution in [3.05, 3.63) is 29.1 Å². The van der Waals surface area contributed by atoms with E-state index in [0.29, 0.717) is 24.7 Å². The summed E-state index contributed by atoms with van der Waals surface area (Å²) in [5, 5.41) is 9.15. The number of carboxylic acid groups (broad SMARTS) is 1. The number of carbonyl (C=O) groups is 2. The van der Waals surface area contributed by atoms with Gasteiger partial charge in [0.2, 0.25) is 0 Å². The first-order valence-corrected chi connectivity index (χ1v) is 10.5. The third-order valence-electron chi connectivity index (χ3n) is 5.39. The quantitative estimate of drug-likeness (QED) is 0.706. The number of nitrogens with zero attached hydrogens (tertiary/aromatic N) is 1. The molecule has 2 unspecified atom stereocenters. The first-order chi connectivity index (χ1) is 13.0. The van der Waals surface area contributed by atoms with E-state index in [1.165, 1.54) is 7.05 Å². The van der Waals surface area contributed by atoms with Gasteiger partial charge in [-0.05, 0) is 57.1 Å². The second-order valence-electron chi connectivity index (χ2n) is 7.62. The van der Waals surface area contributed by atoms with Crippen LogP contribution in [0.5, 0.6) is 5.75 Å². The Kier molecular flexibility index (Phi) is 5.37. The lowest BCUT2D eigenvalue weighted by Crippen LogP contribution is -2.44. The van der Waals surface area contributed by atoms with Crippen LogP contribution >= 0.6 is 0 Å². The zero-order valence-electron chi connectivity index (χ0n) is 15.8. The molecule has 3 rings (SSSR count). The molecule has 0 aromatic heterocycles. The predicted molar refractivity (Wildman–Crippen MR) is 97.9 cm³/mol. The van der Waals surface area contributed by atoms with Gasteiger partial charge >= 0.3 is 16.2 Å². The Hall–Kier alpha value is -2.20. The maximum absolute atomic E-state index is 14.8. The van der Waals surface area contributed by atoms with E-state index >= 15 is 0 Å².